The van der Waals surface area contributed by atoms with E-state index in [0.717, 1.165) is 27.0 Å². The molecule has 0 saturated carbocycles. The largest absolute Gasteiger partial charge is 0.481 e. The lowest BCUT2D eigenvalue weighted by Crippen LogP contribution is -2.36. The van der Waals surface area contributed by atoms with E-state index in [1.165, 1.54) is 19.2 Å². The van der Waals surface area contributed by atoms with Crippen LogP contribution in [0.1, 0.15) is 29.2 Å². The molecule has 4 rings (SSSR count). The van der Waals surface area contributed by atoms with Crippen LogP contribution < -0.4 is 4.74 Å². The molecule has 0 aliphatic carbocycles. The van der Waals surface area contributed by atoms with E-state index in [2.05, 4.69) is 20.9 Å². The van der Waals surface area contributed by atoms with Crippen LogP contribution in [0.2, 0.25) is 0 Å². The number of hydrogen-bond acceptors (Lipinski definition) is 4. The summed E-state index contributed by atoms with van der Waals surface area (Å²) in [5.41, 5.74) is 0.419. The minimum Gasteiger partial charge on any atom is -0.481 e. The first-order valence-corrected chi connectivity index (χ1v) is 12.0. The van der Waals surface area contributed by atoms with Crippen LogP contribution in [0.15, 0.2) is 77.3 Å². The van der Waals surface area contributed by atoms with Gasteiger partial charge in [0.1, 0.15) is 0 Å². The number of aliphatic hydroxyl groups is 1. The zero-order valence-corrected chi connectivity index (χ0v) is 21.4. The quantitative estimate of drug-likeness (QED) is 0.280. The Bertz CT molecular complexity index is 1330. The van der Waals surface area contributed by atoms with Crippen molar-refractivity contribution >= 4 is 26.8 Å². The highest BCUT2D eigenvalue weighted by Gasteiger charge is 2.38. The van der Waals surface area contributed by atoms with Crippen molar-refractivity contribution < 1.29 is 18.6 Å². The summed E-state index contributed by atoms with van der Waals surface area (Å²) in [4.78, 5) is 6.56. The topological polar surface area (TPSA) is 45.6 Å². The molecule has 0 aliphatic rings. The van der Waals surface area contributed by atoms with Crippen LogP contribution in [0.3, 0.4) is 0 Å². The van der Waals surface area contributed by atoms with Crippen LogP contribution in [-0.2, 0) is 12.0 Å². The van der Waals surface area contributed by atoms with Gasteiger partial charge in [-0.25, -0.2) is 13.8 Å². The molecule has 35 heavy (non-hydrogen) atoms. The molecule has 3 aromatic carbocycles. The number of aromatic nitrogens is 1. The molecule has 1 N–H and O–H groups in total. The molecule has 1 heterocycles. The number of fused-ring (bicyclic) bond motifs is 1. The number of benzene rings is 3. The van der Waals surface area contributed by atoms with Gasteiger partial charge in [-0.1, -0.05) is 58.4 Å². The number of pyridine rings is 1. The zero-order chi connectivity index (χ0) is 25.2. The molecule has 1 aromatic heterocycles. The van der Waals surface area contributed by atoms with Gasteiger partial charge < -0.3 is 14.7 Å². The van der Waals surface area contributed by atoms with E-state index in [0.29, 0.717) is 11.4 Å². The van der Waals surface area contributed by atoms with E-state index in [1.807, 2.05) is 73.6 Å². The van der Waals surface area contributed by atoms with Crippen molar-refractivity contribution in [1.82, 2.24) is 9.88 Å². The molecular weight excluding hydrogens is 514 g/mol. The highest BCUT2D eigenvalue weighted by Crippen LogP contribution is 2.40. The van der Waals surface area contributed by atoms with Crippen molar-refractivity contribution in [2.45, 2.75) is 24.5 Å². The van der Waals surface area contributed by atoms with Crippen molar-refractivity contribution in [3.05, 3.63) is 106 Å². The Labute approximate surface area is 212 Å². The third-order valence-corrected chi connectivity index (χ3v) is 6.78. The lowest BCUT2D eigenvalue weighted by molar-refractivity contribution is -0.000146. The van der Waals surface area contributed by atoms with Crippen LogP contribution in [0.25, 0.3) is 10.9 Å². The maximum atomic E-state index is 15.1. The lowest BCUT2D eigenvalue weighted by Gasteiger charge is -2.36. The monoisotopic (exact) mass is 540 g/mol. The highest BCUT2D eigenvalue weighted by molar-refractivity contribution is 9.10. The third kappa shape index (κ3) is 5.37. The summed E-state index contributed by atoms with van der Waals surface area (Å²) in [5, 5.41) is 13.0. The molecule has 0 amide bonds. The Morgan fingerprint density at radius 1 is 1.03 bits per heavy atom. The van der Waals surface area contributed by atoms with E-state index in [1.54, 1.807) is 0 Å². The van der Waals surface area contributed by atoms with E-state index in [9.17, 15) is 9.50 Å². The van der Waals surface area contributed by atoms with Gasteiger partial charge in [0.25, 0.3) is 0 Å². The summed E-state index contributed by atoms with van der Waals surface area (Å²) in [6.45, 7) is 0. The number of hydrogen-bond donors (Lipinski definition) is 1. The van der Waals surface area contributed by atoms with Gasteiger partial charge in [-0.15, -0.1) is 0 Å². The van der Waals surface area contributed by atoms with E-state index >= 15 is 4.39 Å². The van der Waals surface area contributed by atoms with Gasteiger partial charge in [-0.3, -0.25) is 0 Å². The summed E-state index contributed by atoms with van der Waals surface area (Å²) < 4.78 is 35.9. The third-order valence-electron chi connectivity index (χ3n) is 6.28. The molecule has 0 radical (unpaired) electrons. The standard InChI is InChI=1S/C28H27BrF2N2O2/c1-33(2)25(18-8-5-4-6-9-18)17-28(34,22-10-7-11-23(30)26(22)31)16-20-14-19-15-21(29)12-13-24(19)32-27(20)35-3/h4-15,25,34H,16-17H2,1-3H3. The summed E-state index contributed by atoms with van der Waals surface area (Å²) in [5.74, 6) is -1.73. The Hall–Kier alpha value is -2.87. The number of halogens is 3. The van der Waals surface area contributed by atoms with Crippen LogP contribution in [0.4, 0.5) is 8.78 Å². The predicted molar refractivity (Wildman–Crippen MR) is 137 cm³/mol. The average molecular weight is 541 g/mol. The maximum Gasteiger partial charge on any atom is 0.216 e. The van der Waals surface area contributed by atoms with E-state index in [4.69, 9.17) is 4.74 Å². The highest BCUT2D eigenvalue weighted by atomic mass is 79.9. The predicted octanol–water partition coefficient (Wildman–Crippen LogP) is 6.41. The van der Waals surface area contributed by atoms with Crippen molar-refractivity contribution in [2.24, 2.45) is 0 Å². The molecule has 2 atom stereocenters. The van der Waals surface area contributed by atoms with Crippen LogP contribution in [0, 0.1) is 11.6 Å². The second-order valence-corrected chi connectivity index (χ2v) is 9.81. The number of nitrogens with zero attached hydrogens (tertiary/aromatic N) is 2. The van der Waals surface area contributed by atoms with Gasteiger partial charge >= 0.3 is 0 Å². The smallest absolute Gasteiger partial charge is 0.216 e. The molecular formula is C28H27BrF2N2O2. The SMILES string of the molecule is COc1nc2ccc(Br)cc2cc1CC(O)(CC(c1ccccc1)N(C)C)c1cccc(F)c1F. The summed E-state index contributed by atoms with van der Waals surface area (Å²) in [7, 11) is 5.30. The average Bonchev–Trinajstić information content (AvgIpc) is 2.84. The second kappa shape index (κ2) is 10.4. The van der Waals surface area contributed by atoms with Crippen molar-refractivity contribution in [2.75, 3.05) is 21.2 Å². The number of methoxy groups -OCH3 is 1. The molecule has 2 unspecified atom stereocenters. The van der Waals surface area contributed by atoms with Crippen molar-refractivity contribution in [3.63, 3.8) is 0 Å². The van der Waals surface area contributed by atoms with Gasteiger partial charge in [0.15, 0.2) is 11.6 Å². The molecule has 7 heteroatoms. The normalized spacial score (nSPS) is 14.2. The maximum absolute atomic E-state index is 15.1. The summed E-state index contributed by atoms with van der Waals surface area (Å²) >= 11 is 3.48. The lowest BCUT2D eigenvalue weighted by atomic mass is 9.80. The molecule has 4 aromatic rings. The number of ether oxygens (including phenoxy) is 1. The van der Waals surface area contributed by atoms with Gasteiger partial charge in [0.2, 0.25) is 5.88 Å². The fourth-order valence-electron chi connectivity index (χ4n) is 4.53. The molecule has 182 valence electrons. The zero-order valence-electron chi connectivity index (χ0n) is 19.8. The van der Waals surface area contributed by atoms with Gasteiger partial charge in [0.05, 0.1) is 18.2 Å². The first-order chi connectivity index (χ1) is 16.7. The van der Waals surface area contributed by atoms with E-state index in [-0.39, 0.29) is 24.4 Å². The van der Waals surface area contributed by atoms with Gasteiger partial charge in [-0.2, -0.15) is 0 Å². The summed E-state index contributed by atoms with van der Waals surface area (Å²) in [6.07, 6.45) is 0.0905. The Balaban J connectivity index is 1.86. The molecule has 0 aliphatic heterocycles. The molecule has 0 bridgehead atoms. The first-order valence-electron chi connectivity index (χ1n) is 11.2. The fraction of sp³-hybridized carbons (Fsp3) is 0.250. The van der Waals surface area contributed by atoms with Gasteiger partial charge in [0, 0.05) is 39.9 Å². The fourth-order valence-corrected chi connectivity index (χ4v) is 4.90. The number of rotatable bonds is 8. The molecule has 0 spiro atoms. The minimum absolute atomic E-state index is 0.0246. The Morgan fingerprint density at radius 2 is 1.77 bits per heavy atom. The van der Waals surface area contributed by atoms with Gasteiger partial charge in [-0.05, 0) is 50.0 Å². The van der Waals surface area contributed by atoms with Crippen molar-refractivity contribution in [1.29, 1.82) is 0 Å². The van der Waals surface area contributed by atoms with Crippen LogP contribution >= 0.6 is 15.9 Å². The second-order valence-electron chi connectivity index (χ2n) is 8.90. The molecule has 4 nitrogen and oxygen atoms in total. The Kier molecular flexibility index (Phi) is 7.50. The molecule has 0 saturated heterocycles. The van der Waals surface area contributed by atoms with Crippen molar-refractivity contribution in [3.8, 4) is 5.88 Å². The minimum atomic E-state index is -1.76. The van der Waals surface area contributed by atoms with Crippen LogP contribution in [-0.4, -0.2) is 36.2 Å². The molecule has 0 fully saturated rings. The Morgan fingerprint density at radius 3 is 2.46 bits per heavy atom. The van der Waals surface area contributed by atoms with E-state index < -0.39 is 17.2 Å². The first kappa shape index (κ1) is 25.2. The van der Waals surface area contributed by atoms with Crippen LogP contribution in [0.5, 0.6) is 5.88 Å². The summed E-state index contributed by atoms with van der Waals surface area (Å²) in [6, 6.07) is 20.9.